The first kappa shape index (κ1) is 25.4. The van der Waals surface area contributed by atoms with Crippen molar-refractivity contribution in [2.24, 2.45) is 5.92 Å². The first-order valence-electron chi connectivity index (χ1n) is 13.9. The minimum absolute atomic E-state index is 0.0616. The zero-order valence-electron chi connectivity index (χ0n) is 21.1. The molecule has 2 heterocycles. The molecule has 0 unspecified atom stereocenters. The van der Waals surface area contributed by atoms with Crippen LogP contribution in [0.4, 0.5) is 5.82 Å². The number of carbonyl (C=O) groups excluding carboxylic acids is 1. The molecule has 2 saturated carbocycles. The van der Waals surface area contributed by atoms with E-state index in [0.29, 0.717) is 11.4 Å². The van der Waals surface area contributed by atoms with Crippen molar-refractivity contribution in [2.45, 2.75) is 115 Å². The summed E-state index contributed by atoms with van der Waals surface area (Å²) in [5.41, 5.74) is 0.557. The highest BCUT2D eigenvalue weighted by Crippen LogP contribution is 2.30. The van der Waals surface area contributed by atoms with Gasteiger partial charge in [-0.25, -0.2) is 9.97 Å². The molecular weight excluding hydrogens is 426 g/mol. The zero-order valence-corrected chi connectivity index (χ0v) is 21.1. The molecule has 1 aliphatic heterocycles. The molecule has 190 valence electrons. The third kappa shape index (κ3) is 7.91. The lowest BCUT2D eigenvalue weighted by Gasteiger charge is -2.32. The van der Waals surface area contributed by atoms with E-state index in [1.54, 1.807) is 6.20 Å². The summed E-state index contributed by atoms with van der Waals surface area (Å²) in [6.45, 7) is 5.61. The van der Waals surface area contributed by atoms with Crippen molar-refractivity contribution in [1.29, 1.82) is 0 Å². The first-order chi connectivity index (χ1) is 16.6. The second-order valence-electron chi connectivity index (χ2n) is 10.9. The number of amides is 1. The van der Waals surface area contributed by atoms with Crippen LogP contribution in [0.1, 0.15) is 107 Å². The number of hydrogen-bond donors (Lipinski definition) is 3. The molecule has 2 aliphatic carbocycles. The summed E-state index contributed by atoms with van der Waals surface area (Å²) >= 11 is 0. The van der Waals surface area contributed by atoms with Crippen LogP contribution in [0.3, 0.4) is 0 Å². The predicted octanol–water partition coefficient (Wildman–Crippen LogP) is 4.31. The van der Waals surface area contributed by atoms with Gasteiger partial charge in [0.1, 0.15) is 17.2 Å². The molecular formula is C27H45N5O2. The average Bonchev–Trinajstić information content (AvgIpc) is 3.66. The molecule has 1 amide bonds. The second kappa shape index (κ2) is 12.8. The van der Waals surface area contributed by atoms with E-state index in [-0.39, 0.29) is 24.1 Å². The lowest BCUT2D eigenvalue weighted by molar-refractivity contribution is 0.0909. The van der Waals surface area contributed by atoms with Crippen LogP contribution < -0.4 is 10.6 Å². The van der Waals surface area contributed by atoms with Crippen LogP contribution in [0.2, 0.25) is 0 Å². The van der Waals surface area contributed by atoms with Crippen LogP contribution in [-0.2, 0) is 6.42 Å². The van der Waals surface area contributed by atoms with Crippen LogP contribution in [0.15, 0.2) is 6.20 Å². The molecule has 0 atom stereocenters. The van der Waals surface area contributed by atoms with Crippen LogP contribution in [0.5, 0.6) is 0 Å². The molecule has 0 aromatic carbocycles. The predicted molar refractivity (Wildman–Crippen MR) is 136 cm³/mol. The first-order valence-corrected chi connectivity index (χ1v) is 13.9. The lowest BCUT2D eigenvalue weighted by Crippen LogP contribution is -2.45. The molecule has 1 aromatic heterocycles. The Labute approximate surface area is 205 Å². The van der Waals surface area contributed by atoms with Gasteiger partial charge < -0.3 is 20.6 Å². The molecule has 0 bridgehead atoms. The number of aromatic nitrogens is 2. The van der Waals surface area contributed by atoms with Gasteiger partial charge in [-0.05, 0) is 63.7 Å². The van der Waals surface area contributed by atoms with E-state index in [1.807, 2.05) is 0 Å². The number of aryl methyl sites for hydroxylation is 1. The van der Waals surface area contributed by atoms with Gasteiger partial charge in [-0.15, -0.1) is 0 Å². The fourth-order valence-corrected chi connectivity index (χ4v) is 5.30. The fraction of sp³-hybridized carbons (Fsp3) is 0.815. The number of rotatable bonds is 12. The number of anilines is 1. The fourth-order valence-electron chi connectivity index (χ4n) is 5.30. The van der Waals surface area contributed by atoms with Gasteiger partial charge in [-0.1, -0.05) is 32.6 Å². The summed E-state index contributed by atoms with van der Waals surface area (Å²) < 4.78 is 0. The number of likely N-dealkylation sites (tertiary alicyclic amines) is 1. The van der Waals surface area contributed by atoms with Crippen molar-refractivity contribution >= 4 is 11.7 Å². The third-order valence-corrected chi connectivity index (χ3v) is 7.76. The Morgan fingerprint density at radius 1 is 1.00 bits per heavy atom. The van der Waals surface area contributed by atoms with E-state index in [0.717, 1.165) is 76.2 Å². The van der Waals surface area contributed by atoms with E-state index >= 15 is 0 Å². The quantitative estimate of drug-likeness (QED) is 0.394. The van der Waals surface area contributed by atoms with Gasteiger partial charge in [0.05, 0.1) is 6.10 Å². The highest BCUT2D eigenvalue weighted by molar-refractivity contribution is 5.98. The number of piperidine rings is 1. The summed E-state index contributed by atoms with van der Waals surface area (Å²) in [4.78, 5) is 25.2. The van der Waals surface area contributed by atoms with Gasteiger partial charge in [0, 0.05) is 44.3 Å². The van der Waals surface area contributed by atoms with Crippen molar-refractivity contribution < 1.29 is 9.90 Å². The second-order valence-corrected chi connectivity index (χ2v) is 10.9. The summed E-state index contributed by atoms with van der Waals surface area (Å²) in [6, 6.07) is 0.465. The van der Waals surface area contributed by atoms with Gasteiger partial charge in [-0.3, -0.25) is 4.79 Å². The maximum atomic E-state index is 13.3. The van der Waals surface area contributed by atoms with E-state index in [2.05, 4.69) is 27.4 Å². The zero-order chi connectivity index (χ0) is 23.8. The van der Waals surface area contributed by atoms with Crippen LogP contribution in [-0.4, -0.2) is 63.7 Å². The van der Waals surface area contributed by atoms with Gasteiger partial charge in [0.2, 0.25) is 0 Å². The molecule has 3 fully saturated rings. The summed E-state index contributed by atoms with van der Waals surface area (Å²) in [5.74, 6) is 2.35. The minimum Gasteiger partial charge on any atom is -0.393 e. The Balaban J connectivity index is 1.35. The largest absolute Gasteiger partial charge is 0.393 e. The number of unbranched alkanes of at least 4 members (excludes halogenated alkanes) is 4. The van der Waals surface area contributed by atoms with Gasteiger partial charge in [0.15, 0.2) is 0 Å². The molecule has 7 nitrogen and oxygen atoms in total. The van der Waals surface area contributed by atoms with Gasteiger partial charge >= 0.3 is 0 Å². The average molecular weight is 472 g/mol. The van der Waals surface area contributed by atoms with Crippen molar-refractivity contribution in [2.75, 3.05) is 25.0 Å². The normalized spacial score (nSPS) is 24.2. The van der Waals surface area contributed by atoms with Crippen molar-refractivity contribution in [3.05, 3.63) is 17.6 Å². The van der Waals surface area contributed by atoms with E-state index in [4.69, 9.17) is 4.98 Å². The van der Waals surface area contributed by atoms with Gasteiger partial charge in [-0.2, -0.15) is 0 Å². The molecule has 0 spiro atoms. The molecule has 4 rings (SSSR count). The summed E-state index contributed by atoms with van der Waals surface area (Å²) in [5, 5.41) is 16.7. The monoisotopic (exact) mass is 471 g/mol. The van der Waals surface area contributed by atoms with E-state index < -0.39 is 0 Å². The molecule has 0 radical (unpaired) electrons. The highest BCUT2D eigenvalue weighted by Gasteiger charge is 2.28. The molecule has 3 N–H and O–H groups in total. The van der Waals surface area contributed by atoms with Crippen LogP contribution in [0, 0.1) is 5.92 Å². The molecule has 1 saturated heterocycles. The van der Waals surface area contributed by atoms with Gasteiger partial charge in [0.25, 0.3) is 5.91 Å². The Morgan fingerprint density at radius 3 is 2.44 bits per heavy atom. The molecule has 1 aromatic rings. The Hall–Kier alpha value is -1.73. The van der Waals surface area contributed by atoms with E-state index in [9.17, 15) is 9.90 Å². The number of carbonyl (C=O) groups is 1. The number of aliphatic hydroxyl groups excluding tert-OH is 1. The summed E-state index contributed by atoms with van der Waals surface area (Å²) in [7, 11) is 0. The van der Waals surface area contributed by atoms with Crippen molar-refractivity contribution in [3.8, 4) is 0 Å². The Bertz CT molecular complexity index is 768. The number of hydrogen-bond acceptors (Lipinski definition) is 6. The summed E-state index contributed by atoms with van der Waals surface area (Å²) in [6.07, 6.45) is 16.6. The number of aliphatic hydroxyl groups is 1. The molecule has 3 aliphatic rings. The third-order valence-electron chi connectivity index (χ3n) is 7.76. The Kier molecular flexibility index (Phi) is 9.57. The minimum atomic E-state index is -0.198. The topological polar surface area (TPSA) is 90.4 Å². The number of nitrogens with zero attached hydrogens (tertiary/aromatic N) is 3. The maximum absolute atomic E-state index is 13.3. The van der Waals surface area contributed by atoms with Crippen LogP contribution in [0.25, 0.3) is 0 Å². The number of nitrogens with one attached hydrogen (secondary N) is 2. The smallest absolute Gasteiger partial charge is 0.256 e. The molecule has 7 heteroatoms. The SMILES string of the molecule is CCCCCCCc1ncc(C(=O)NC2CCN(CC3CC3)CC2)c(NC2CCC(O)CC2)n1. The van der Waals surface area contributed by atoms with Crippen molar-refractivity contribution in [3.63, 3.8) is 0 Å². The Morgan fingerprint density at radius 2 is 1.74 bits per heavy atom. The van der Waals surface area contributed by atoms with Crippen molar-refractivity contribution in [1.82, 2.24) is 20.2 Å². The highest BCUT2D eigenvalue weighted by atomic mass is 16.3. The van der Waals surface area contributed by atoms with E-state index in [1.165, 1.54) is 45.1 Å². The standard InChI is InChI=1S/C27H45N5O2/c1-2-3-4-5-6-7-25-28-18-24(26(31-25)29-21-10-12-23(33)13-11-21)27(34)30-22-14-16-32(17-15-22)19-20-8-9-20/h18,20-23,33H,2-17,19H2,1H3,(H,30,34)(H,28,29,31). The molecule has 34 heavy (non-hydrogen) atoms. The van der Waals surface area contributed by atoms with Crippen LogP contribution >= 0.6 is 0 Å². The maximum Gasteiger partial charge on any atom is 0.256 e. The lowest BCUT2D eigenvalue weighted by atomic mass is 9.93.